The maximum absolute atomic E-state index is 12.8. The highest BCUT2D eigenvalue weighted by Crippen LogP contribution is 2.32. The van der Waals surface area contributed by atoms with Crippen molar-refractivity contribution in [1.82, 2.24) is 4.98 Å². The summed E-state index contributed by atoms with van der Waals surface area (Å²) in [5.41, 5.74) is 5.55. The van der Waals surface area contributed by atoms with Gasteiger partial charge in [-0.1, -0.05) is 23.8 Å². The normalized spacial score (nSPS) is 13.2. The van der Waals surface area contributed by atoms with Crippen LogP contribution in [0.4, 0.5) is 11.4 Å². The Morgan fingerprint density at radius 2 is 1.62 bits per heavy atom. The van der Waals surface area contributed by atoms with Gasteiger partial charge in [-0.3, -0.25) is 9.59 Å². The molecule has 29 heavy (non-hydrogen) atoms. The molecule has 2 N–H and O–H groups in total. The molecule has 1 saturated carbocycles. The summed E-state index contributed by atoms with van der Waals surface area (Å²) in [5, 5.41) is 6.67. The Morgan fingerprint density at radius 1 is 0.966 bits per heavy atom. The summed E-state index contributed by atoms with van der Waals surface area (Å²) in [4.78, 5) is 29.8. The standard InChI is InChI=1S/C23H23N3O2S/c1-13-4-11-19(14(2)12-13)23-24-15(3)20(29-23)22(28)26-18-9-7-17(8-10-18)25-21(27)16-5-6-16/h4,7-12,16H,5-6H2,1-3H3,(H,25,27)(H,26,28). The van der Waals surface area contributed by atoms with E-state index in [1.807, 2.05) is 6.92 Å². The fraction of sp³-hybridized carbons (Fsp3) is 0.261. The molecule has 0 unspecified atom stereocenters. The molecule has 3 aromatic rings. The van der Waals surface area contributed by atoms with Gasteiger partial charge in [0.1, 0.15) is 9.88 Å². The maximum atomic E-state index is 12.8. The van der Waals surface area contributed by atoms with Crippen molar-refractivity contribution in [3.63, 3.8) is 0 Å². The Bertz CT molecular complexity index is 1080. The lowest BCUT2D eigenvalue weighted by molar-refractivity contribution is -0.117. The Morgan fingerprint density at radius 3 is 2.24 bits per heavy atom. The van der Waals surface area contributed by atoms with Gasteiger partial charge >= 0.3 is 0 Å². The van der Waals surface area contributed by atoms with E-state index in [0.29, 0.717) is 10.6 Å². The van der Waals surface area contributed by atoms with Crippen LogP contribution in [-0.2, 0) is 4.79 Å². The Balaban J connectivity index is 1.47. The van der Waals surface area contributed by atoms with E-state index in [9.17, 15) is 9.59 Å². The van der Waals surface area contributed by atoms with Crippen molar-refractivity contribution in [1.29, 1.82) is 0 Å². The number of carbonyl (C=O) groups excluding carboxylic acids is 2. The monoisotopic (exact) mass is 405 g/mol. The van der Waals surface area contributed by atoms with Crippen LogP contribution < -0.4 is 10.6 Å². The van der Waals surface area contributed by atoms with E-state index in [4.69, 9.17) is 0 Å². The number of nitrogens with zero attached hydrogens (tertiary/aromatic N) is 1. The molecule has 5 nitrogen and oxygen atoms in total. The lowest BCUT2D eigenvalue weighted by atomic mass is 10.1. The number of benzene rings is 2. The van der Waals surface area contributed by atoms with E-state index < -0.39 is 0 Å². The number of rotatable bonds is 5. The first kappa shape index (κ1) is 19.3. The van der Waals surface area contributed by atoms with E-state index >= 15 is 0 Å². The van der Waals surface area contributed by atoms with Crippen LogP contribution in [0.25, 0.3) is 10.6 Å². The summed E-state index contributed by atoms with van der Waals surface area (Å²) < 4.78 is 0. The number of hydrogen-bond donors (Lipinski definition) is 2. The van der Waals surface area contributed by atoms with Crippen molar-refractivity contribution in [2.45, 2.75) is 33.6 Å². The van der Waals surface area contributed by atoms with Crippen LogP contribution in [-0.4, -0.2) is 16.8 Å². The summed E-state index contributed by atoms with van der Waals surface area (Å²) >= 11 is 1.40. The molecule has 1 fully saturated rings. The summed E-state index contributed by atoms with van der Waals surface area (Å²) in [6.45, 7) is 5.97. The van der Waals surface area contributed by atoms with Crippen molar-refractivity contribution in [3.05, 3.63) is 64.2 Å². The Hall–Kier alpha value is -2.99. The molecule has 0 saturated heterocycles. The fourth-order valence-electron chi connectivity index (χ4n) is 3.19. The molecule has 1 aliphatic carbocycles. The number of aromatic nitrogens is 1. The molecule has 2 amide bonds. The molecule has 0 aliphatic heterocycles. The van der Waals surface area contributed by atoms with Gasteiger partial charge in [-0.2, -0.15) is 0 Å². The average Bonchev–Trinajstić information content (AvgIpc) is 3.46. The van der Waals surface area contributed by atoms with Crippen LogP contribution >= 0.6 is 11.3 Å². The second-order valence-corrected chi connectivity index (χ2v) is 8.55. The van der Waals surface area contributed by atoms with Gasteiger partial charge < -0.3 is 10.6 Å². The molecule has 0 spiro atoms. The highest BCUT2D eigenvalue weighted by Gasteiger charge is 2.29. The number of nitrogens with one attached hydrogen (secondary N) is 2. The smallest absolute Gasteiger partial charge is 0.267 e. The van der Waals surface area contributed by atoms with E-state index in [-0.39, 0.29) is 17.7 Å². The minimum absolute atomic E-state index is 0.0704. The molecular formula is C23H23N3O2S. The summed E-state index contributed by atoms with van der Waals surface area (Å²) in [6, 6.07) is 13.4. The van der Waals surface area contributed by atoms with Gasteiger partial charge in [-0.05, 0) is 63.4 Å². The van der Waals surface area contributed by atoms with Gasteiger partial charge in [0.25, 0.3) is 5.91 Å². The largest absolute Gasteiger partial charge is 0.326 e. The van der Waals surface area contributed by atoms with Gasteiger partial charge in [-0.25, -0.2) is 4.98 Å². The van der Waals surface area contributed by atoms with Gasteiger partial charge in [-0.15, -0.1) is 11.3 Å². The van der Waals surface area contributed by atoms with Crippen molar-refractivity contribution in [3.8, 4) is 10.6 Å². The molecule has 6 heteroatoms. The summed E-state index contributed by atoms with van der Waals surface area (Å²) in [6.07, 6.45) is 1.94. The fourth-order valence-corrected chi connectivity index (χ4v) is 4.24. The van der Waals surface area contributed by atoms with Crippen molar-refractivity contribution in [2.75, 3.05) is 10.6 Å². The van der Waals surface area contributed by atoms with Gasteiger partial charge in [0.05, 0.1) is 5.69 Å². The highest BCUT2D eigenvalue weighted by atomic mass is 32.1. The number of aryl methyl sites for hydroxylation is 3. The second-order valence-electron chi connectivity index (χ2n) is 7.55. The Kier molecular flexibility index (Phi) is 5.20. The predicted molar refractivity (Wildman–Crippen MR) is 118 cm³/mol. The van der Waals surface area contributed by atoms with Crippen molar-refractivity contribution >= 4 is 34.5 Å². The average molecular weight is 406 g/mol. The van der Waals surface area contributed by atoms with Crippen LogP contribution in [0.2, 0.25) is 0 Å². The first-order valence-electron chi connectivity index (χ1n) is 9.68. The third-order valence-electron chi connectivity index (χ3n) is 4.97. The number of thiazole rings is 1. The molecule has 1 heterocycles. The zero-order chi connectivity index (χ0) is 20.5. The van der Waals surface area contributed by atoms with Crippen LogP contribution in [0.1, 0.15) is 39.3 Å². The summed E-state index contributed by atoms with van der Waals surface area (Å²) in [5.74, 6) is 0.0572. The molecule has 4 rings (SSSR count). The van der Waals surface area contributed by atoms with Gasteiger partial charge in [0, 0.05) is 22.9 Å². The zero-order valence-electron chi connectivity index (χ0n) is 16.7. The van der Waals surface area contributed by atoms with Gasteiger partial charge in [0.15, 0.2) is 0 Å². The molecule has 1 aromatic heterocycles. The van der Waals surface area contributed by atoms with Crippen LogP contribution in [0, 0.1) is 26.7 Å². The zero-order valence-corrected chi connectivity index (χ0v) is 17.5. The molecule has 2 aromatic carbocycles. The number of carbonyl (C=O) groups is 2. The number of amides is 2. The molecule has 148 valence electrons. The van der Waals surface area contributed by atoms with E-state index in [1.54, 1.807) is 24.3 Å². The quantitative estimate of drug-likeness (QED) is 0.602. The van der Waals surface area contributed by atoms with Crippen LogP contribution in [0.3, 0.4) is 0 Å². The first-order chi connectivity index (χ1) is 13.9. The lowest BCUT2D eigenvalue weighted by Gasteiger charge is -2.07. The van der Waals surface area contributed by atoms with Crippen LogP contribution in [0.15, 0.2) is 42.5 Å². The molecule has 1 aliphatic rings. The minimum atomic E-state index is -0.175. The van der Waals surface area contributed by atoms with E-state index in [1.165, 1.54) is 16.9 Å². The van der Waals surface area contributed by atoms with E-state index in [2.05, 4.69) is 47.7 Å². The molecule has 0 atom stereocenters. The van der Waals surface area contributed by atoms with Gasteiger partial charge in [0.2, 0.25) is 5.91 Å². The third-order valence-corrected chi connectivity index (χ3v) is 6.16. The lowest BCUT2D eigenvalue weighted by Crippen LogP contribution is -2.14. The Labute approximate surface area is 174 Å². The molecule has 0 bridgehead atoms. The predicted octanol–water partition coefficient (Wildman–Crippen LogP) is 5.34. The molecular weight excluding hydrogens is 382 g/mol. The SMILES string of the molecule is Cc1ccc(-c2nc(C)c(C(=O)Nc3ccc(NC(=O)C4CC4)cc3)s2)c(C)c1. The first-order valence-corrected chi connectivity index (χ1v) is 10.5. The summed E-state index contributed by atoms with van der Waals surface area (Å²) in [7, 11) is 0. The molecule has 0 radical (unpaired) electrons. The maximum Gasteiger partial charge on any atom is 0.267 e. The minimum Gasteiger partial charge on any atom is -0.326 e. The van der Waals surface area contributed by atoms with Crippen molar-refractivity contribution < 1.29 is 9.59 Å². The second kappa shape index (κ2) is 7.79. The number of hydrogen-bond acceptors (Lipinski definition) is 4. The highest BCUT2D eigenvalue weighted by molar-refractivity contribution is 7.17. The van der Waals surface area contributed by atoms with Crippen molar-refractivity contribution in [2.24, 2.45) is 5.92 Å². The topological polar surface area (TPSA) is 71.1 Å². The third kappa shape index (κ3) is 4.38. The van der Waals surface area contributed by atoms with Crippen LogP contribution in [0.5, 0.6) is 0 Å². The number of anilines is 2. The van der Waals surface area contributed by atoms with E-state index in [0.717, 1.165) is 40.4 Å².